The number of hydrogen-bond donors (Lipinski definition) is 2. The van der Waals surface area contributed by atoms with E-state index < -0.39 is 0 Å². The highest BCUT2D eigenvalue weighted by Crippen LogP contribution is 2.32. The molecule has 2 rings (SSSR count). The molecule has 0 spiro atoms. The third-order valence-electron chi connectivity index (χ3n) is 5.14. The summed E-state index contributed by atoms with van der Waals surface area (Å²) in [4.78, 5) is 6.59. The average Bonchev–Trinajstić information content (AvgIpc) is 2.72. The van der Waals surface area contributed by atoms with Crippen molar-refractivity contribution in [3.8, 4) is 0 Å². The summed E-state index contributed by atoms with van der Waals surface area (Å²) in [6.45, 7) is 5.34. The maximum atomic E-state index is 6.17. The molecule has 1 aromatic rings. The van der Waals surface area contributed by atoms with Gasteiger partial charge in [-0.3, -0.25) is 4.99 Å². The lowest BCUT2D eigenvalue weighted by molar-refractivity contribution is 0.0398. The Morgan fingerprint density at radius 3 is 2.72 bits per heavy atom. The molecule has 2 N–H and O–H groups in total. The van der Waals surface area contributed by atoms with Gasteiger partial charge < -0.3 is 25.0 Å². The number of hydrogen-bond acceptors (Lipinski definition) is 4. The average molecular weight is 518 g/mol. The Kier molecular flexibility index (Phi) is 14.3. The van der Waals surface area contributed by atoms with Gasteiger partial charge in [0.25, 0.3) is 0 Å². The largest absolute Gasteiger partial charge is 0.385 e. The van der Waals surface area contributed by atoms with Crippen molar-refractivity contribution in [3.05, 3.63) is 35.4 Å². The van der Waals surface area contributed by atoms with E-state index in [1.165, 1.54) is 24.0 Å². The molecule has 7 heteroatoms. The predicted octanol–water partition coefficient (Wildman–Crippen LogP) is 3.22. The second-order valence-electron chi connectivity index (χ2n) is 7.38. The van der Waals surface area contributed by atoms with Gasteiger partial charge in [0.05, 0.1) is 6.10 Å². The van der Waals surface area contributed by atoms with E-state index in [-0.39, 0.29) is 30.1 Å². The molecule has 29 heavy (non-hydrogen) atoms. The number of aryl methyl sites for hydroxylation is 1. The number of halogens is 1. The maximum absolute atomic E-state index is 6.17. The normalized spacial score (nSPS) is 16.3. The number of fused-ring (bicyclic) bond motifs is 1. The first-order valence-electron chi connectivity index (χ1n) is 10.6. The van der Waals surface area contributed by atoms with E-state index in [1.807, 2.05) is 7.05 Å². The SMILES string of the molecule is CN=C(NCCCOC1CCCc2ccccc21)NCCN(C)CCCOC.I. The molecule has 0 aromatic heterocycles. The van der Waals surface area contributed by atoms with Gasteiger partial charge in [-0.15, -0.1) is 24.0 Å². The molecule has 0 heterocycles. The van der Waals surface area contributed by atoms with Crippen molar-refractivity contribution in [3.63, 3.8) is 0 Å². The minimum absolute atomic E-state index is 0. The first kappa shape index (κ1) is 26.1. The van der Waals surface area contributed by atoms with Gasteiger partial charge in [-0.05, 0) is 50.3 Å². The number of guanidine groups is 1. The summed E-state index contributed by atoms with van der Waals surface area (Å²) in [5.41, 5.74) is 2.84. The fourth-order valence-corrected chi connectivity index (χ4v) is 3.56. The summed E-state index contributed by atoms with van der Waals surface area (Å²) in [6, 6.07) is 8.69. The molecule has 1 aliphatic carbocycles. The number of aliphatic imine (C=N–C) groups is 1. The Morgan fingerprint density at radius 1 is 1.14 bits per heavy atom. The van der Waals surface area contributed by atoms with E-state index in [4.69, 9.17) is 9.47 Å². The van der Waals surface area contributed by atoms with E-state index in [2.05, 4.69) is 51.8 Å². The minimum Gasteiger partial charge on any atom is -0.385 e. The summed E-state index contributed by atoms with van der Waals surface area (Å²) in [7, 11) is 5.69. The first-order chi connectivity index (χ1) is 13.7. The molecular formula is C22H39IN4O2. The molecule has 0 radical (unpaired) electrons. The van der Waals surface area contributed by atoms with E-state index >= 15 is 0 Å². The van der Waals surface area contributed by atoms with E-state index in [9.17, 15) is 0 Å². The summed E-state index contributed by atoms with van der Waals surface area (Å²) in [6.07, 6.45) is 5.82. The van der Waals surface area contributed by atoms with Crippen molar-refractivity contribution in [2.45, 2.75) is 38.2 Å². The zero-order chi connectivity index (χ0) is 20.0. The highest BCUT2D eigenvalue weighted by atomic mass is 127. The predicted molar refractivity (Wildman–Crippen MR) is 131 cm³/mol. The molecule has 0 saturated carbocycles. The fraction of sp³-hybridized carbons (Fsp3) is 0.682. The van der Waals surface area contributed by atoms with Crippen LogP contribution in [0.25, 0.3) is 0 Å². The highest BCUT2D eigenvalue weighted by molar-refractivity contribution is 14.0. The molecule has 0 bridgehead atoms. The third kappa shape index (κ3) is 10.1. The van der Waals surface area contributed by atoms with Crippen LogP contribution in [0, 0.1) is 0 Å². The van der Waals surface area contributed by atoms with Crippen LogP contribution in [0.4, 0.5) is 0 Å². The van der Waals surface area contributed by atoms with Crippen molar-refractivity contribution < 1.29 is 9.47 Å². The van der Waals surface area contributed by atoms with Crippen molar-refractivity contribution in [2.24, 2.45) is 4.99 Å². The van der Waals surface area contributed by atoms with Gasteiger partial charge in [0.1, 0.15) is 0 Å². The number of methoxy groups -OCH3 is 1. The van der Waals surface area contributed by atoms with Crippen molar-refractivity contribution >= 4 is 29.9 Å². The molecule has 1 aliphatic rings. The number of benzene rings is 1. The second-order valence-corrected chi connectivity index (χ2v) is 7.38. The Hall–Kier alpha value is -0.900. The van der Waals surface area contributed by atoms with Crippen LogP contribution in [0.2, 0.25) is 0 Å². The van der Waals surface area contributed by atoms with Gasteiger partial charge in [0.15, 0.2) is 5.96 Å². The lowest BCUT2D eigenvalue weighted by Crippen LogP contribution is -2.41. The van der Waals surface area contributed by atoms with Gasteiger partial charge >= 0.3 is 0 Å². The number of rotatable bonds is 12. The van der Waals surface area contributed by atoms with Crippen LogP contribution >= 0.6 is 24.0 Å². The molecule has 6 nitrogen and oxygen atoms in total. The maximum Gasteiger partial charge on any atom is 0.191 e. The lowest BCUT2D eigenvalue weighted by Gasteiger charge is -2.25. The second kappa shape index (κ2) is 15.9. The Balaban J connectivity index is 0.00000420. The van der Waals surface area contributed by atoms with Crippen LogP contribution in [-0.4, -0.2) is 71.5 Å². The molecule has 1 unspecified atom stereocenters. The first-order valence-corrected chi connectivity index (χ1v) is 10.6. The summed E-state index contributed by atoms with van der Waals surface area (Å²) in [5.74, 6) is 0.855. The van der Waals surface area contributed by atoms with Gasteiger partial charge in [-0.25, -0.2) is 0 Å². The van der Waals surface area contributed by atoms with Crippen LogP contribution < -0.4 is 10.6 Å². The zero-order valence-electron chi connectivity index (χ0n) is 18.3. The number of nitrogens with one attached hydrogen (secondary N) is 2. The van der Waals surface area contributed by atoms with Crippen LogP contribution in [0.3, 0.4) is 0 Å². The quantitative estimate of drug-likeness (QED) is 0.193. The van der Waals surface area contributed by atoms with Crippen LogP contribution in [0.15, 0.2) is 29.3 Å². The number of likely N-dealkylation sites (N-methyl/N-ethyl adjacent to an activating group) is 1. The van der Waals surface area contributed by atoms with Gasteiger partial charge in [0, 0.05) is 53.6 Å². The molecule has 166 valence electrons. The fourth-order valence-electron chi connectivity index (χ4n) is 3.56. The molecule has 1 aromatic carbocycles. The Morgan fingerprint density at radius 2 is 1.93 bits per heavy atom. The van der Waals surface area contributed by atoms with E-state index in [1.54, 1.807) is 7.11 Å². The molecule has 0 fully saturated rings. The standard InChI is InChI=1S/C22H38N4O2.HI/c1-23-22(25-14-16-26(2)15-8-17-27-3)24-13-7-18-28-21-12-6-10-19-9-4-5-11-20(19)21;/h4-5,9,11,21H,6-8,10,12-18H2,1-3H3,(H2,23,24,25);1H. The van der Waals surface area contributed by atoms with Crippen LogP contribution in [0.1, 0.15) is 42.9 Å². The van der Waals surface area contributed by atoms with E-state index in [0.29, 0.717) is 0 Å². The lowest BCUT2D eigenvalue weighted by atomic mass is 9.89. The Bertz CT molecular complexity index is 586. The molecule has 1 atom stereocenters. The van der Waals surface area contributed by atoms with Crippen molar-refractivity contribution in [1.29, 1.82) is 0 Å². The number of nitrogens with zero attached hydrogens (tertiary/aromatic N) is 2. The monoisotopic (exact) mass is 518 g/mol. The van der Waals surface area contributed by atoms with Crippen LogP contribution in [0.5, 0.6) is 0 Å². The Labute approximate surface area is 193 Å². The third-order valence-corrected chi connectivity index (χ3v) is 5.14. The molecule has 0 amide bonds. The summed E-state index contributed by atoms with van der Waals surface area (Å²) >= 11 is 0. The molecule has 0 saturated heterocycles. The smallest absolute Gasteiger partial charge is 0.191 e. The molecule has 0 aliphatic heterocycles. The number of ether oxygens (including phenoxy) is 2. The van der Waals surface area contributed by atoms with Gasteiger partial charge in [-0.1, -0.05) is 24.3 Å². The van der Waals surface area contributed by atoms with Crippen LogP contribution in [-0.2, 0) is 15.9 Å². The van der Waals surface area contributed by atoms with E-state index in [0.717, 1.165) is 64.6 Å². The van der Waals surface area contributed by atoms with Crippen molar-refractivity contribution in [1.82, 2.24) is 15.5 Å². The van der Waals surface area contributed by atoms with Crippen molar-refractivity contribution in [2.75, 3.05) is 60.6 Å². The topological polar surface area (TPSA) is 58.1 Å². The zero-order valence-corrected chi connectivity index (χ0v) is 20.6. The minimum atomic E-state index is 0. The highest BCUT2D eigenvalue weighted by Gasteiger charge is 2.19. The van der Waals surface area contributed by atoms with Gasteiger partial charge in [0.2, 0.25) is 0 Å². The van der Waals surface area contributed by atoms with Gasteiger partial charge in [-0.2, -0.15) is 0 Å². The summed E-state index contributed by atoms with van der Waals surface area (Å²) in [5, 5.41) is 6.74. The molecular weight excluding hydrogens is 479 g/mol. The summed E-state index contributed by atoms with van der Waals surface area (Å²) < 4.78 is 11.3.